The third kappa shape index (κ3) is 3.17. The number of hydrogen-bond donors (Lipinski definition) is 1. The fourth-order valence-corrected chi connectivity index (χ4v) is 2.74. The quantitative estimate of drug-likeness (QED) is 0.672. The molecule has 7 heteroatoms. The van der Waals surface area contributed by atoms with Gasteiger partial charge in [0.2, 0.25) is 0 Å². The minimum Gasteiger partial charge on any atom is -0.483 e. The van der Waals surface area contributed by atoms with Gasteiger partial charge in [0.05, 0.1) is 4.91 Å². The first-order valence-electron chi connectivity index (χ1n) is 5.70. The molecular formula is C13H12N2O3S2. The van der Waals surface area contributed by atoms with Crippen LogP contribution in [0.15, 0.2) is 29.2 Å². The number of carbonyl (C=O) groups excluding carboxylic acids is 2. The first kappa shape index (κ1) is 14.5. The van der Waals surface area contributed by atoms with E-state index in [1.165, 1.54) is 16.7 Å². The molecule has 0 atom stereocenters. The van der Waals surface area contributed by atoms with Gasteiger partial charge in [0.1, 0.15) is 10.1 Å². The number of amides is 2. The Hall–Kier alpha value is -1.86. The van der Waals surface area contributed by atoms with Crippen LogP contribution in [0.3, 0.4) is 0 Å². The fourth-order valence-electron chi connectivity index (χ4n) is 1.57. The second-order valence-corrected chi connectivity index (χ2v) is 5.71. The van der Waals surface area contributed by atoms with Crippen molar-refractivity contribution < 1.29 is 14.3 Å². The first-order valence-corrected chi connectivity index (χ1v) is 6.93. The van der Waals surface area contributed by atoms with E-state index in [4.69, 9.17) is 22.7 Å². The summed E-state index contributed by atoms with van der Waals surface area (Å²) in [6.45, 7) is -0.209. The maximum absolute atomic E-state index is 11.9. The minimum absolute atomic E-state index is 0.148. The van der Waals surface area contributed by atoms with Crippen LogP contribution in [-0.2, 0) is 9.59 Å². The normalized spacial score (nSPS) is 16.9. The van der Waals surface area contributed by atoms with Gasteiger partial charge in [-0.1, -0.05) is 42.2 Å². The molecular weight excluding hydrogens is 296 g/mol. The fraction of sp³-hybridized carbons (Fsp3) is 0.154. The third-order valence-corrected chi connectivity index (χ3v) is 4.05. The molecule has 0 radical (unpaired) electrons. The molecule has 2 amide bonds. The molecule has 5 nitrogen and oxygen atoms in total. The number of para-hydroxylation sites is 1. The second-order valence-electron chi connectivity index (χ2n) is 4.03. The smallest absolute Gasteiger partial charge is 0.265 e. The molecule has 0 bridgehead atoms. The van der Waals surface area contributed by atoms with Gasteiger partial charge in [-0.15, -0.1) is 0 Å². The lowest BCUT2D eigenvalue weighted by molar-refractivity contribution is -0.121. The maximum Gasteiger partial charge on any atom is 0.265 e. The number of thiocarbonyl (C=S) groups is 1. The molecule has 20 heavy (non-hydrogen) atoms. The van der Waals surface area contributed by atoms with Gasteiger partial charge in [0, 0.05) is 12.6 Å². The Morgan fingerprint density at radius 1 is 1.50 bits per heavy atom. The predicted molar refractivity (Wildman–Crippen MR) is 82.1 cm³/mol. The van der Waals surface area contributed by atoms with Crippen LogP contribution in [0.5, 0.6) is 5.75 Å². The molecule has 0 spiro atoms. The van der Waals surface area contributed by atoms with Crippen LogP contribution < -0.4 is 10.5 Å². The average molecular weight is 308 g/mol. The molecule has 0 unspecified atom stereocenters. The second kappa shape index (κ2) is 6.06. The molecule has 2 rings (SSSR count). The SMILES string of the molecule is CN1C(=O)/C(=C/c2ccccc2OCC(N)=O)SC1=S. The minimum atomic E-state index is -0.556. The number of ether oxygens (including phenoxy) is 1. The highest BCUT2D eigenvalue weighted by Gasteiger charge is 2.28. The highest BCUT2D eigenvalue weighted by molar-refractivity contribution is 8.26. The lowest BCUT2D eigenvalue weighted by Gasteiger charge is -2.07. The van der Waals surface area contributed by atoms with Crippen LogP contribution in [0.4, 0.5) is 0 Å². The summed E-state index contributed by atoms with van der Waals surface area (Å²) in [5, 5.41) is 0. The highest BCUT2D eigenvalue weighted by Crippen LogP contribution is 2.33. The van der Waals surface area contributed by atoms with E-state index in [0.29, 0.717) is 20.5 Å². The van der Waals surface area contributed by atoms with Crippen LogP contribution in [0.2, 0.25) is 0 Å². The maximum atomic E-state index is 11.9. The number of primary amides is 1. The Morgan fingerprint density at radius 3 is 2.80 bits per heavy atom. The number of nitrogens with zero attached hydrogens (tertiary/aromatic N) is 1. The summed E-state index contributed by atoms with van der Waals surface area (Å²) in [6.07, 6.45) is 1.69. The molecule has 1 aliphatic heterocycles. The predicted octanol–water partition coefficient (Wildman–Crippen LogP) is 1.38. The Balaban J connectivity index is 2.27. The number of carbonyl (C=O) groups is 2. The van der Waals surface area contributed by atoms with Gasteiger partial charge in [-0.3, -0.25) is 14.5 Å². The Kier molecular flexibility index (Phi) is 4.41. The van der Waals surface area contributed by atoms with Crippen molar-refractivity contribution in [2.45, 2.75) is 0 Å². The summed E-state index contributed by atoms with van der Waals surface area (Å²) < 4.78 is 5.82. The molecule has 2 N–H and O–H groups in total. The van der Waals surface area contributed by atoms with E-state index >= 15 is 0 Å². The summed E-state index contributed by atoms with van der Waals surface area (Å²) >= 11 is 6.30. The van der Waals surface area contributed by atoms with Crippen molar-refractivity contribution in [3.05, 3.63) is 34.7 Å². The van der Waals surface area contributed by atoms with Crippen molar-refractivity contribution in [2.75, 3.05) is 13.7 Å². The number of rotatable bonds is 4. The van der Waals surface area contributed by atoms with Crippen molar-refractivity contribution in [1.82, 2.24) is 4.90 Å². The molecule has 1 heterocycles. The molecule has 1 aromatic carbocycles. The summed E-state index contributed by atoms with van der Waals surface area (Å²) in [5.74, 6) is -0.211. The van der Waals surface area contributed by atoms with E-state index in [1.54, 1.807) is 31.3 Å². The average Bonchev–Trinajstić information content (AvgIpc) is 2.65. The van der Waals surface area contributed by atoms with Crippen molar-refractivity contribution >= 4 is 46.2 Å². The zero-order valence-electron chi connectivity index (χ0n) is 10.7. The van der Waals surface area contributed by atoms with Gasteiger partial charge in [-0.2, -0.15) is 0 Å². The van der Waals surface area contributed by atoms with Gasteiger partial charge in [0.15, 0.2) is 6.61 Å². The Bertz CT molecular complexity index is 613. The topological polar surface area (TPSA) is 72.6 Å². The number of benzene rings is 1. The van der Waals surface area contributed by atoms with Crippen molar-refractivity contribution in [3.63, 3.8) is 0 Å². The Morgan fingerprint density at radius 2 is 2.20 bits per heavy atom. The molecule has 104 valence electrons. The first-order chi connectivity index (χ1) is 9.49. The molecule has 1 saturated heterocycles. The van der Waals surface area contributed by atoms with Gasteiger partial charge >= 0.3 is 0 Å². The van der Waals surface area contributed by atoms with Gasteiger partial charge in [-0.25, -0.2) is 0 Å². The summed E-state index contributed by atoms with van der Waals surface area (Å²) in [7, 11) is 1.63. The van der Waals surface area contributed by atoms with Crippen molar-refractivity contribution in [1.29, 1.82) is 0 Å². The lowest BCUT2D eigenvalue weighted by atomic mass is 10.2. The van der Waals surface area contributed by atoms with E-state index in [9.17, 15) is 9.59 Å². The molecule has 0 aliphatic carbocycles. The number of thioether (sulfide) groups is 1. The van der Waals surface area contributed by atoms with Crippen LogP contribution in [0.1, 0.15) is 5.56 Å². The number of nitrogens with two attached hydrogens (primary N) is 1. The van der Waals surface area contributed by atoms with E-state index in [1.807, 2.05) is 6.07 Å². The molecule has 1 aromatic rings. The van der Waals surface area contributed by atoms with Gasteiger partial charge in [-0.05, 0) is 12.1 Å². The monoisotopic (exact) mass is 308 g/mol. The van der Waals surface area contributed by atoms with E-state index in [0.717, 1.165) is 0 Å². The molecule has 0 saturated carbocycles. The van der Waals surface area contributed by atoms with E-state index in [2.05, 4.69) is 0 Å². The zero-order chi connectivity index (χ0) is 14.7. The molecule has 1 aliphatic rings. The summed E-state index contributed by atoms with van der Waals surface area (Å²) in [6, 6.07) is 7.09. The third-order valence-electron chi connectivity index (χ3n) is 2.56. The highest BCUT2D eigenvalue weighted by atomic mass is 32.2. The van der Waals surface area contributed by atoms with Gasteiger partial charge in [0.25, 0.3) is 11.8 Å². The number of hydrogen-bond acceptors (Lipinski definition) is 5. The van der Waals surface area contributed by atoms with Crippen LogP contribution in [0, 0.1) is 0 Å². The molecule has 0 aromatic heterocycles. The largest absolute Gasteiger partial charge is 0.483 e. The standard InChI is InChI=1S/C13H12N2O3S2/c1-15-12(17)10(20-13(15)19)6-8-4-2-3-5-9(8)18-7-11(14)16/h2-6H,7H2,1H3,(H2,14,16)/b10-6-. The van der Waals surface area contributed by atoms with Crippen molar-refractivity contribution in [2.24, 2.45) is 5.73 Å². The van der Waals surface area contributed by atoms with Crippen LogP contribution in [0.25, 0.3) is 6.08 Å². The van der Waals surface area contributed by atoms with Gasteiger partial charge < -0.3 is 10.5 Å². The van der Waals surface area contributed by atoms with E-state index in [-0.39, 0.29) is 12.5 Å². The molecule has 1 fully saturated rings. The Labute approximate surface area is 125 Å². The lowest BCUT2D eigenvalue weighted by Crippen LogP contribution is -2.22. The zero-order valence-corrected chi connectivity index (χ0v) is 12.3. The van der Waals surface area contributed by atoms with Crippen molar-refractivity contribution in [3.8, 4) is 5.75 Å². The summed E-state index contributed by atoms with van der Waals surface area (Å²) in [4.78, 5) is 24.6. The van der Waals surface area contributed by atoms with Crippen LogP contribution in [-0.4, -0.2) is 34.7 Å². The summed E-state index contributed by atoms with van der Waals surface area (Å²) in [5.41, 5.74) is 5.75. The van der Waals surface area contributed by atoms with E-state index < -0.39 is 5.91 Å². The number of likely N-dealkylation sites (N-methyl/N-ethyl adjacent to an activating group) is 1. The van der Waals surface area contributed by atoms with Crippen LogP contribution >= 0.6 is 24.0 Å².